The Kier molecular flexibility index (Phi) is 5.48. The molecule has 2 aromatic carbocycles. The highest BCUT2D eigenvalue weighted by Crippen LogP contribution is 2.24. The summed E-state index contributed by atoms with van der Waals surface area (Å²) in [6, 6.07) is 14.3. The summed E-state index contributed by atoms with van der Waals surface area (Å²) < 4.78 is 5.26. The maximum atomic E-state index is 6.32. The van der Waals surface area contributed by atoms with Crippen LogP contribution >= 0.6 is 11.6 Å². The number of hydrogen-bond acceptors (Lipinski definition) is 3. The van der Waals surface area contributed by atoms with E-state index < -0.39 is 0 Å². The standard InChI is InChI=1S/C17H21ClN2O/c1-19-11-14-7-8-15(10-17(14)18)20(2)12-13-5-4-6-16(9-13)21-3/h4-10,19H,11-12H2,1-3H3. The Morgan fingerprint density at radius 3 is 2.67 bits per heavy atom. The van der Waals surface area contributed by atoms with Crippen LogP contribution in [0.15, 0.2) is 42.5 Å². The van der Waals surface area contributed by atoms with Gasteiger partial charge < -0.3 is 15.0 Å². The molecule has 2 aromatic rings. The second kappa shape index (κ2) is 7.34. The molecule has 2 rings (SSSR count). The molecule has 0 aliphatic heterocycles. The summed E-state index contributed by atoms with van der Waals surface area (Å²) >= 11 is 6.32. The van der Waals surface area contributed by atoms with Crippen molar-refractivity contribution < 1.29 is 4.74 Å². The zero-order valence-electron chi connectivity index (χ0n) is 12.7. The van der Waals surface area contributed by atoms with Crippen molar-refractivity contribution in [2.24, 2.45) is 0 Å². The highest BCUT2D eigenvalue weighted by Gasteiger charge is 2.06. The summed E-state index contributed by atoms with van der Waals surface area (Å²) in [5.41, 5.74) is 3.41. The Hall–Kier alpha value is -1.71. The van der Waals surface area contributed by atoms with Crippen molar-refractivity contribution in [1.82, 2.24) is 5.32 Å². The van der Waals surface area contributed by atoms with Gasteiger partial charge in [0.1, 0.15) is 5.75 Å². The van der Waals surface area contributed by atoms with E-state index >= 15 is 0 Å². The van der Waals surface area contributed by atoms with Gasteiger partial charge in [0.2, 0.25) is 0 Å². The van der Waals surface area contributed by atoms with Gasteiger partial charge in [-0.2, -0.15) is 0 Å². The van der Waals surface area contributed by atoms with Crippen LogP contribution in [-0.2, 0) is 13.1 Å². The van der Waals surface area contributed by atoms with E-state index in [-0.39, 0.29) is 0 Å². The number of ether oxygens (including phenoxy) is 1. The Bertz CT molecular complexity index is 601. The number of hydrogen-bond donors (Lipinski definition) is 1. The molecule has 0 unspecified atom stereocenters. The van der Waals surface area contributed by atoms with Crippen molar-refractivity contribution in [3.05, 3.63) is 58.6 Å². The van der Waals surface area contributed by atoms with Gasteiger partial charge in [0.15, 0.2) is 0 Å². The quantitative estimate of drug-likeness (QED) is 0.880. The molecule has 112 valence electrons. The highest BCUT2D eigenvalue weighted by atomic mass is 35.5. The monoisotopic (exact) mass is 304 g/mol. The van der Waals surface area contributed by atoms with Crippen LogP contribution in [0.3, 0.4) is 0 Å². The number of benzene rings is 2. The third-order valence-corrected chi connectivity index (χ3v) is 3.75. The van der Waals surface area contributed by atoms with Crippen molar-refractivity contribution in [2.45, 2.75) is 13.1 Å². The molecule has 0 saturated heterocycles. The maximum Gasteiger partial charge on any atom is 0.119 e. The van der Waals surface area contributed by atoms with Crippen LogP contribution in [0.5, 0.6) is 5.75 Å². The molecule has 0 aliphatic carbocycles. The number of methoxy groups -OCH3 is 1. The fraction of sp³-hybridized carbons (Fsp3) is 0.294. The fourth-order valence-electron chi connectivity index (χ4n) is 2.24. The molecule has 0 fully saturated rings. The summed E-state index contributed by atoms with van der Waals surface area (Å²) in [4.78, 5) is 2.17. The predicted molar refractivity (Wildman–Crippen MR) is 89.3 cm³/mol. The highest BCUT2D eigenvalue weighted by molar-refractivity contribution is 6.31. The molecule has 0 saturated carbocycles. The second-order valence-corrected chi connectivity index (χ2v) is 5.42. The van der Waals surface area contributed by atoms with E-state index in [2.05, 4.69) is 35.5 Å². The van der Waals surface area contributed by atoms with Crippen molar-refractivity contribution in [3.63, 3.8) is 0 Å². The molecule has 0 amide bonds. The van der Waals surface area contributed by atoms with Crippen LogP contribution < -0.4 is 15.0 Å². The lowest BCUT2D eigenvalue weighted by atomic mass is 10.1. The lowest BCUT2D eigenvalue weighted by Gasteiger charge is -2.20. The van der Waals surface area contributed by atoms with Crippen LogP contribution in [-0.4, -0.2) is 21.2 Å². The van der Waals surface area contributed by atoms with Gasteiger partial charge in [-0.05, 0) is 42.4 Å². The zero-order chi connectivity index (χ0) is 15.2. The Morgan fingerprint density at radius 2 is 2.00 bits per heavy atom. The van der Waals surface area contributed by atoms with E-state index in [1.807, 2.05) is 31.3 Å². The van der Waals surface area contributed by atoms with Crippen molar-refractivity contribution >= 4 is 17.3 Å². The molecule has 0 aromatic heterocycles. The summed E-state index contributed by atoms with van der Waals surface area (Å²) in [5, 5.41) is 3.91. The maximum absolute atomic E-state index is 6.32. The molecule has 0 atom stereocenters. The molecule has 0 heterocycles. The van der Waals surface area contributed by atoms with Gasteiger partial charge in [0.25, 0.3) is 0 Å². The minimum Gasteiger partial charge on any atom is -0.497 e. The SMILES string of the molecule is CNCc1ccc(N(C)Cc2cccc(OC)c2)cc1Cl. The van der Waals surface area contributed by atoms with E-state index in [0.717, 1.165) is 35.1 Å². The lowest BCUT2D eigenvalue weighted by molar-refractivity contribution is 0.414. The number of nitrogens with zero attached hydrogens (tertiary/aromatic N) is 1. The van der Waals surface area contributed by atoms with Crippen LogP contribution in [0.2, 0.25) is 5.02 Å². The predicted octanol–water partition coefficient (Wildman–Crippen LogP) is 3.70. The normalized spacial score (nSPS) is 10.5. The van der Waals surface area contributed by atoms with Crippen LogP contribution in [0.1, 0.15) is 11.1 Å². The number of anilines is 1. The molecule has 0 aliphatic rings. The molecular weight excluding hydrogens is 284 g/mol. The zero-order valence-corrected chi connectivity index (χ0v) is 13.4. The fourth-order valence-corrected chi connectivity index (χ4v) is 2.49. The number of halogens is 1. The molecule has 0 spiro atoms. The van der Waals surface area contributed by atoms with Gasteiger partial charge in [-0.3, -0.25) is 0 Å². The molecule has 0 radical (unpaired) electrons. The van der Waals surface area contributed by atoms with E-state index in [1.54, 1.807) is 7.11 Å². The topological polar surface area (TPSA) is 24.5 Å². The molecule has 0 bridgehead atoms. The largest absolute Gasteiger partial charge is 0.497 e. The van der Waals surface area contributed by atoms with Gasteiger partial charge in [-0.1, -0.05) is 29.8 Å². The minimum absolute atomic E-state index is 0.776. The molecular formula is C17H21ClN2O. The van der Waals surface area contributed by atoms with Crippen LogP contribution in [0.4, 0.5) is 5.69 Å². The Labute approximate surface area is 131 Å². The smallest absolute Gasteiger partial charge is 0.119 e. The minimum atomic E-state index is 0.776. The number of nitrogens with one attached hydrogen (secondary N) is 1. The van der Waals surface area contributed by atoms with Crippen LogP contribution in [0, 0.1) is 0 Å². The number of rotatable bonds is 6. The average Bonchev–Trinajstić information content (AvgIpc) is 2.49. The summed E-state index contributed by atoms with van der Waals surface area (Å²) in [6.45, 7) is 1.58. The van der Waals surface area contributed by atoms with Gasteiger partial charge >= 0.3 is 0 Å². The lowest BCUT2D eigenvalue weighted by Crippen LogP contribution is -2.16. The van der Waals surface area contributed by atoms with E-state index in [0.29, 0.717) is 0 Å². The van der Waals surface area contributed by atoms with Gasteiger partial charge in [-0.25, -0.2) is 0 Å². The Balaban J connectivity index is 2.12. The van der Waals surface area contributed by atoms with Gasteiger partial charge in [-0.15, -0.1) is 0 Å². The summed E-state index contributed by atoms with van der Waals surface area (Å²) in [7, 11) is 5.66. The summed E-state index contributed by atoms with van der Waals surface area (Å²) in [5.74, 6) is 0.878. The Morgan fingerprint density at radius 1 is 1.19 bits per heavy atom. The first-order valence-electron chi connectivity index (χ1n) is 6.91. The molecule has 1 N–H and O–H groups in total. The van der Waals surface area contributed by atoms with Crippen molar-refractivity contribution in [1.29, 1.82) is 0 Å². The average molecular weight is 305 g/mol. The molecule has 4 heteroatoms. The van der Waals surface area contributed by atoms with E-state index in [1.165, 1.54) is 5.56 Å². The third kappa shape index (κ3) is 4.13. The first-order chi connectivity index (χ1) is 10.1. The van der Waals surface area contributed by atoms with Crippen LogP contribution in [0.25, 0.3) is 0 Å². The second-order valence-electron chi connectivity index (χ2n) is 5.01. The third-order valence-electron chi connectivity index (χ3n) is 3.40. The summed E-state index contributed by atoms with van der Waals surface area (Å²) in [6.07, 6.45) is 0. The first kappa shape index (κ1) is 15.7. The van der Waals surface area contributed by atoms with E-state index in [9.17, 15) is 0 Å². The van der Waals surface area contributed by atoms with Gasteiger partial charge in [0, 0.05) is 30.8 Å². The van der Waals surface area contributed by atoms with E-state index in [4.69, 9.17) is 16.3 Å². The van der Waals surface area contributed by atoms with Gasteiger partial charge in [0.05, 0.1) is 7.11 Å². The van der Waals surface area contributed by atoms with Crippen molar-refractivity contribution in [2.75, 3.05) is 26.1 Å². The molecule has 21 heavy (non-hydrogen) atoms. The molecule has 3 nitrogen and oxygen atoms in total. The van der Waals surface area contributed by atoms with Crippen molar-refractivity contribution in [3.8, 4) is 5.75 Å². The first-order valence-corrected chi connectivity index (χ1v) is 7.29.